The van der Waals surface area contributed by atoms with Crippen molar-refractivity contribution in [2.24, 2.45) is 0 Å². The molecule has 0 heterocycles. The van der Waals surface area contributed by atoms with Gasteiger partial charge < -0.3 is 31.0 Å². The van der Waals surface area contributed by atoms with Gasteiger partial charge in [-0.2, -0.15) is 0 Å². The fourth-order valence-corrected chi connectivity index (χ4v) is 3.10. The molecule has 0 unspecified atom stereocenters. The summed E-state index contributed by atoms with van der Waals surface area (Å²) in [4.78, 5) is 22.4. The van der Waals surface area contributed by atoms with Crippen LogP contribution in [0.3, 0.4) is 0 Å². The standard InChI is InChI=1S/C11H13NO2.C8H8BrNO2.C3H7BO2/c1-14-11(13)9-6-8(7-2-3-7)4-5-10(9)12;1-12-8(11)6-4-5(9)2-3-7(6)10;5-4(6)3-1-2-3/h4-7H,2-3,12H2,1H3;2-4H,10H2,1H3;3,5-6H,1-2H2. The lowest BCUT2D eigenvalue weighted by atomic mass is 9.84. The highest BCUT2D eigenvalue weighted by atomic mass is 79.9. The average Bonchev–Trinajstić information content (AvgIpc) is 3.67. The fraction of sp³-hybridized carbons (Fsp3) is 0.364. The molecule has 0 atom stereocenters. The van der Waals surface area contributed by atoms with E-state index in [1.54, 1.807) is 24.3 Å². The molecule has 2 aliphatic rings. The summed E-state index contributed by atoms with van der Waals surface area (Å²) in [6, 6.07) is 10.7. The minimum absolute atomic E-state index is 0.213. The number of hydrogen-bond acceptors (Lipinski definition) is 8. The van der Waals surface area contributed by atoms with E-state index in [-0.39, 0.29) is 11.8 Å². The van der Waals surface area contributed by atoms with E-state index in [9.17, 15) is 9.59 Å². The number of esters is 2. The number of benzene rings is 2. The summed E-state index contributed by atoms with van der Waals surface area (Å²) in [5.74, 6) is 0.0582. The van der Waals surface area contributed by atoms with E-state index in [1.165, 1.54) is 32.6 Å². The lowest BCUT2D eigenvalue weighted by Crippen LogP contribution is -2.09. The van der Waals surface area contributed by atoms with Crippen LogP contribution in [0.15, 0.2) is 40.9 Å². The number of carbonyl (C=O) groups is 2. The number of methoxy groups -OCH3 is 2. The molecule has 0 radical (unpaired) electrons. The van der Waals surface area contributed by atoms with Gasteiger partial charge in [-0.15, -0.1) is 0 Å². The van der Waals surface area contributed by atoms with Crippen molar-refractivity contribution >= 4 is 46.4 Å². The maximum absolute atomic E-state index is 11.3. The highest BCUT2D eigenvalue weighted by Crippen LogP contribution is 2.40. The van der Waals surface area contributed by atoms with Crippen molar-refractivity contribution < 1.29 is 29.1 Å². The highest BCUT2D eigenvalue weighted by Gasteiger charge is 2.33. The molecule has 2 aromatic carbocycles. The maximum Gasteiger partial charge on any atom is 0.454 e. The Morgan fingerprint density at radius 3 is 1.81 bits per heavy atom. The predicted octanol–water partition coefficient (Wildman–Crippen LogP) is 3.37. The Balaban J connectivity index is 0.000000183. The Kier molecular flexibility index (Phi) is 9.55. The molecule has 6 N–H and O–H groups in total. The summed E-state index contributed by atoms with van der Waals surface area (Å²) >= 11 is 3.23. The van der Waals surface area contributed by atoms with Crippen LogP contribution in [0.1, 0.15) is 57.9 Å². The first kappa shape index (κ1) is 25.7. The minimum atomic E-state index is -1.04. The summed E-state index contributed by atoms with van der Waals surface area (Å²) in [5.41, 5.74) is 14.2. The lowest BCUT2D eigenvalue weighted by Gasteiger charge is -2.05. The summed E-state index contributed by atoms with van der Waals surface area (Å²) in [6.07, 6.45) is 4.42. The number of hydrogen-bond donors (Lipinski definition) is 4. The van der Waals surface area contributed by atoms with E-state index < -0.39 is 13.1 Å². The van der Waals surface area contributed by atoms with E-state index in [2.05, 4.69) is 25.4 Å². The van der Waals surface area contributed by atoms with Crippen molar-refractivity contribution in [2.75, 3.05) is 25.7 Å². The van der Waals surface area contributed by atoms with Crippen LogP contribution < -0.4 is 11.5 Å². The molecule has 32 heavy (non-hydrogen) atoms. The van der Waals surface area contributed by atoms with Crippen molar-refractivity contribution in [1.29, 1.82) is 0 Å². The molecule has 0 aromatic heterocycles. The van der Waals surface area contributed by atoms with Crippen LogP contribution in [0, 0.1) is 0 Å². The molecule has 4 rings (SSSR count). The Morgan fingerprint density at radius 1 is 0.906 bits per heavy atom. The first-order chi connectivity index (χ1) is 15.2. The molecular formula is C22H28BBrN2O6. The molecule has 0 spiro atoms. The average molecular weight is 507 g/mol. The van der Waals surface area contributed by atoms with Gasteiger partial charge in [0, 0.05) is 15.8 Å². The first-order valence-corrected chi connectivity index (χ1v) is 10.9. The number of rotatable bonds is 4. The molecule has 0 aliphatic heterocycles. The fourth-order valence-electron chi connectivity index (χ4n) is 2.74. The monoisotopic (exact) mass is 506 g/mol. The number of ether oxygens (including phenoxy) is 2. The van der Waals surface area contributed by atoms with E-state index in [0.717, 1.165) is 17.3 Å². The smallest absolute Gasteiger partial charge is 0.454 e. The molecular weight excluding hydrogens is 479 g/mol. The van der Waals surface area contributed by atoms with Crippen LogP contribution in [0.2, 0.25) is 5.82 Å². The summed E-state index contributed by atoms with van der Waals surface area (Å²) < 4.78 is 9.99. The quantitative estimate of drug-likeness (QED) is 0.280. The Hall–Kier alpha value is -2.56. The number of carbonyl (C=O) groups excluding carboxylic acids is 2. The minimum Gasteiger partial charge on any atom is -0.465 e. The molecule has 2 aromatic rings. The second-order valence-corrected chi connectivity index (χ2v) is 8.50. The Morgan fingerprint density at radius 2 is 1.41 bits per heavy atom. The van der Waals surface area contributed by atoms with Crippen molar-refractivity contribution in [3.8, 4) is 0 Å². The second kappa shape index (κ2) is 11.9. The summed E-state index contributed by atoms with van der Waals surface area (Å²) in [5, 5.41) is 16.5. The molecule has 0 saturated heterocycles. The molecule has 0 bridgehead atoms. The van der Waals surface area contributed by atoms with Crippen molar-refractivity contribution in [2.45, 2.75) is 37.4 Å². The van der Waals surface area contributed by atoms with Crippen molar-refractivity contribution in [3.63, 3.8) is 0 Å². The zero-order valence-corrected chi connectivity index (χ0v) is 19.7. The zero-order valence-electron chi connectivity index (χ0n) is 18.1. The molecule has 8 nitrogen and oxygen atoms in total. The van der Waals surface area contributed by atoms with E-state index in [1.807, 2.05) is 12.1 Å². The van der Waals surface area contributed by atoms with Crippen molar-refractivity contribution in [1.82, 2.24) is 0 Å². The van der Waals surface area contributed by atoms with Gasteiger partial charge in [-0.1, -0.05) is 34.8 Å². The number of nitrogen functional groups attached to an aromatic ring is 2. The highest BCUT2D eigenvalue weighted by molar-refractivity contribution is 9.10. The molecule has 2 saturated carbocycles. The first-order valence-electron chi connectivity index (χ1n) is 10.1. The van der Waals surface area contributed by atoms with Gasteiger partial charge in [0.2, 0.25) is 0 Å². The maximum atomic E-state index is 11.3. The van der Waals surface area contributed by atoms with Gasteiger partial charge in [-0.3, -0.25) is 0 Å². The molecule has 0 amide bonds. The molecule has 2 fully saturated rings. The van der Waals surface area contributed by atoms with Gasteiger partial charge in [0.1, 0.15) is 0 Å². The molecule has 10 heteroatoms. The van der Waals surface area contributed by atoms with E-state index in [0.29, 0.717) is 28.4 Å². The Bertz CT molecular complexity index is 948. The van der Waals surface area contributed by atoms with Gasteiger partial charge in [0.15, 0.2) is 0 Å². The van der Waals surface area contributed by atoms with Crippen LogP contribution in [0.5, 0.6) is 0 Å². The lowest BCUT2D eigenvalue weighted by molar-refractivity contribution is 0.0593. The van der Waals surface area contributed by atoms with Crippen LogP contribution in [-0.4, -0.2) is 43.3 Å². The van der Waals surface area contributed by atoms with Gasteiger partial charge in [-0.25, -0.2) is 9.59 Å². The largest absolute Gasteiger partial charge is 0.465 e. The number of halogens is 1. The predicted molar refractivity (Wildman–Crippen MR) is 127 cm³/mol. The summed E-state index contributed by atoms with van der Waals surface area (Å²) in [6.45, 7) is 0. The normalized spacial score (nSPS) is 14.2. The van der Waals surface area contributed by atoms with Crippen LogP contribution in [0.4, 0.5) is 11.4 Å². The Labute approximate surface area is 196 Å². The third kappa shape index (κ3) is 7.85. The topological polar surface area (TPSA) is 145 Å². The van der Waals surface area contributed by atoms with Gasteiger partial charge in [-0.05, 0) is 60.5 Å². The third-order valence-corrected chi connectivity index (χ3v) is 5.49. The number of anilines is 2. The van der Waals surface area contributed by atoms with Crippen LogP contribution in [0.25, 0.3) is 0 Å². The van der Waals surface area contributed by atoms with E-state index in [4.69, 9.17) is 21.5 Å². The van der Waals surface area contributed by atoms with Gasteiger partial charge in [0.05, 0.1) is 25.3 Å². The van der Waals surface area contributed by atoms with Crippen LogP contribution >= 0.6 is 15.9 Å². The summed E-state index contributed by atoms with van der Waals surface area (Å²) in [7, 11) is 1.65. The zero-order chi connectivity index (χ0) is 23.8. The van der Waals surface area contributed by atoms with Crippen molar-refractivity contribution in [3.05, 3.63) is 57.6 Å². The second-order valence-electron chi connectivity index (χ2n) is 7.59. The van der Waals surface area contributed by atoms with Gasteiger partial charge in [0.25, 0.3) is 0 Å². The molecule has 172 valence electrons. The molecule has 2 aliphatic carbocycles. The van der Waals surface area contributed by atoms with Gasteiger partial charge >= 0.3 is 19.1 Å². The third-order valence-electron chi connectivity index (χ3n) is 5.00. The number of nitrogens with two attached hydrogens (primary N) is 2. The van der Waals surface area contributed by atoms with E-state index >= 15 is 0 Å². The SMILES string of the molecule is COC(=O)c1cc(Br)ccc1N.COC(=O)c1cc(C2CC2)ccc1N.OB(O)C1CC1. The van der Waals surface area contributed by atoms with Crippen LogP contribution in [-0.2, 0) is 9.47 Å².